The average Bonchev–Trinajstić information content (AvgIpc) is 2.50. The molecule has 1 aliphatic rings. The first-order chi connectivity index (χ1) is 7.09. The standard InChI is InChI=1S/C12H14FNS/c1-7-10(5-4-6-11(7)13)12-8(2)14-9(3)15-12/h4-6,8,12H,1-3H3/t8-,12?/m1/s1. The van der Waals surface area contributed by atoms with Crippen LogP contribution in [-0.4, -0.2) is 11.1 Å². The Hall–Kier alpha value is -0.830. The fourth-order valence-electron chi connectivity index (χ4n) is 1.92. The van der Waals surface area contributed by atoms with Crippen LogP contribution in [0.15, 0.2) is 23.2 Å². The van der Waals surface area contributed by atoms with Gasteiger partial charge in [-0.3, -0.25) is 4.99 Å². The van der Waals surface area contributed by atoms with E-state index >= 15 is 0 Å². The van der Waals surface area contributed by atoms with Crippen molar-refractivity contribution < 1.29 is 4.39 Å². The van der Waals surface area contributed by atoms with Gasteiger partial charge in [0.05, 0.1) is 16.3 Å². The summed E-state index contributed by atoms with van der Waals surface area (Å²) in [6.07, 6.45) is 0. The van der Waals surface area contributed by atoms with Gasteiger partial charge in [0, 0.05) is 0 Å². The number of nitrogens with zero attached hydrogens (tertiary/aromatic N) is 1. The molecule has 0 N–H and O–H groups in total. The zero-order valence-electron chi connectivity index (χ0n) is 9.12. The van der Waals surface area contributed by atoms with Gasteiger partial charge in [-0.05, 0) is 38.0 Å². The van der Waals surface area contributed by atoms with Crippen LogP contribution in [0.4, 0.5) is 4.39 Å². The monoisotopic (exact) mass is 223 g/mol. The maximum atomic E-state index is 13.4. The molecule has 80 valence electrons. The van der Waals surface area contributed by atoms with Crippen LogP contribution < -0.4 is 0 Å². The third-order valence-electron chi connectivity index (χ3n) is 2.74. The Kier molecular flexibility index (Phi) is 2.83. The summed E-state index contributed by atoms with van der Waals surface area (Å²) in [5, 5.41) is 1.37. The van der Waals surface area contributed by atoms with Crippen molar-refractivity contribution in [3.63, 3.8) is 0 Å². The van der Waals surface area contributed by atoms with Crippen molar-refractivity contribution in [2.45, 2.75) is 32.1 Å². The number of hydrogen-bond donors (Lipinski definition) is 0. The minimum absolute atomic E-state index is 0.121. The molecule has 15 heavy (non-hydrogen) atoms. The highest BCUT2D eigenvalue weighted by molar-refractivity contribution is 8.14. The molecule has 1 unspecified atom stereocenters. The summed E-state index contributed by atoms with van der Waals surface area (Å²) in [5.41, 5.74) is 1.83. The zero-order chi connectivity index (χ0) is 11.0. The van der Waals surface area contributed by atoms with Crippen molar-refractivity contribution in [2.24, 2.45) is 4.99 Å². The summed E-state index contributed by atoms with van der Waals surface area (Å²) in [6.45, 7) is 5.93. The fourth-order valence-corrected chi connectivity index (χ4v) is 3.16. The Morgan fingerprint density at radius 3 is 2.67 bits per heavy atom. The molecule has 0 aromatic heterocycles. The first-order valence-electron chi connectivity index (χ1n) is 5.05. The quantitative estimate of drug-likeness (QED) is 0.706. The molecule has 3 heteroatoms. The highest BCUT2D eigenvalue weighted by Crippen LogP contribution is 2.41. The molecule has 0 aliphatic carbocycles. The topological polar surface area (TPSA) is 12.4 Å². The number of aliphatic imine (C=N–C) groups is 1. The third-order valence-corrected chi connectivity index (χ3v) is 4.09. The van der Waals surface area contributed by atoms with Crippen LogP contribution >= 0.6 is 11.8 Å². The lowest BCUT2D eigenvalue weighted by molar-refractivity contribution is 0.612. The lowest BCUT2D eigenvalue weighted by Crippen LogP contribution is -2.07. The molecule has 0 saturated carbocycles. The Morgan fingerprint density at radius 2 is 2.07 bits per heavy atom. The normalized spacial score (nSPS) is 25.5. The second kappa shape index (κ2) is 3.97. The molecule has 0 amide bonds. The van der Waals surface area contributed by atoms with E-state index in [1.807, 2.05) is 19.9 Å². The number of halogens is 1. The summed E-state index contributed by atoms with van der Waals surface area (Å²) in [6, 6.07) is 5.53. The largest absolute Gasteiger partial charge is 0.279 e. The summed E-state index contributed by atoms with van der Waals surface area (Å²) >= 11 is 1.73. The lowest BCUT2D eigenvalue weighted by atomic mass is 10.0. The molecule has 0 radical (unpaired) electrons. The van der Waals surface area contributed by atoms with Gasteiger partial charge in [0.2, 0.25) is 0 Å². The van der Waals surface area contributed by atoms with Crippen molar-refractivity contribution in [1.82, 2.24) is 0 Å². The van der Waals surface area contributed by atoms with E-state index in [0.29, 0.717) is 0 Å². The van der Waals surface area contributed by atoms with Crippen molar-refractivity contribution >= 4 is 16.8 Å². The molecule has 2 rings (SSSR count). The predicted octanol–water partition coefficient (Wildman–Crippen LogP) is 3.73. The molecule has 0 saturated heterocycles. The molecule has 0 spiro atoms. The van der Waals surface area contributed by atoms with E-state index in [4.69, 9.17) is 0 Å². The fraction of sp³-hybridized carbons (Fsp3) is 0.417. The molecule has 0 bridgehead atoms. The van der Waals surface area contributed by atoms with Gasteiger partial charge >= 0.3 is 0 Å². The minimum atomic E-state index is -0.121. The van der Waals surface area contributed by atoms with E-state index in [-0.39, 0.29) is 17.1 Å². The second-order valence-electron chi connectivity index (χ2n) is 3.88. The van der Waals surface area contributed by atoms with Gasteiger partial charge in [-0.1, -0.05) is 12.1 Å². The SMILES string of the molecule is CC1=N[C@H](C)C(c2cccc(F)c2C)S1. The van der Waals surface area contributed by atoms with Gasteiger partial charge in [0.15, 0.2) is 0 Å². The van der Waals surface area contributed by atoms with Crippen LogP contribution in [0.2, 0.25) is 0 Å². The molecular weight excluding hydrogens is 209 g/mol. The molecule has 1 aromatic rings. The van der Waals surface area contributed by atoms with Gasteiger partial charge in [-0.15, -0.1) is 11.8 Å². The zero-order valence-corrected chi connectivity index (χ0v) is 9.94. The van der Waals surface area contributed by atoms with E-state index in [9.17, 15) is 4.39 Å². The average molecular weight is 223 g/mol. The molecule has 1 nitrogen and oxygen atoms in total. The van der Waals surface area contributed by atoms with E-state index in [1.54, 1.807) is 17.8 Å². The van der Waals surface area contributed by atoms with Crippen LogP contribution in [0, 0.1) is 12.7 Å². The van der Waals surface area contributed by atoms with E-state index in [1.165, 1.54) is 6.07 Å². The maximum absolute atomic E-state index is 13.4. The summed E-state index contributed by atoms with van der Waals surface area (Å²) in [4.78, 5) is 4.47. The number of thioether (sulfide) groups is 1. The number of rotatable bonds is 1. The molecule has 1 aromatic carbocycles. The van der Waals surface area contributed by atoms with Gasteiger partial charge < -0.3 is 0 Å². The first kappa shape index (κ1) is 10.7. The van der Waals surface area contributed by atoms with Gasteiger partial charge in [0.25, 0.3) is 0 Å². The van der Waals surface area contributed by atoms with E-state index < -0.39 is 0 Å². The van der Waals surface area contributed by atoms with Crippen LogP contribution in [0.1, 0.15) is 30.2 Å². The van der Waals surface area contributed by atoms with Gasteiger partial charge in [-0.25, -0.2) is 4.39 Å². The van der Waals surface area contributed by atoms with Crippen LogP contribution in [-0.2, 0) is 0 Å². The van der Waals surface area contributed by atoms with Crippen LogP contribution in [0.3, 0.4) is 0 Å². The molecule has 0 fully saturated rings. The lowest BCUT2D eigenvalue weighted by Gasteiger charge is -2.16. The molecule has 1 heterocycles. The summed E-state index contributed by atoms with van der Waals surface area (Å²) in [7, 11) is 0. The van der Waals surface area contributed by atoms with Crippen molar-refractivity contribution in [1.29, 1.82) is 0 Å². The Balaban J connectivity index is 2.36. The highest BCUT2D eigenvalue weighted by Gasteiger charge is 2.27. The smallest absolute Gasteiger partial charge is 0.126 e. The van der Waals surface area contributed by atoms with E-state index in [0.717, 1.165) is 16.2 Å². The highest BCUT2D eigenvalue weighted by atomic mass is 32.2. The third kappa shape index (κ3) is 1.93. The van der Waals surface area contributed by atoms with Gasteiger partial charge in [-0.2, -0.15) is 0 Å². The van der Waals surface area contributed by atoms with Crippen molar-refractivity contribution in [3.05, 3.63) is 35.1 Å². The van der Waals surface area contributed by atoms with E-state index in [2.05, 4.69) is 11.9 Å². The predicted molar refractivity (Wildman–Crippen MR) is 64.0 cm³/mol. The Bertz CT molecular complexity index is 414. The summed E-state index contributed by atoms with van der Waals surface area (Å²) < 4.78 is 13.4. The molecular formula is C12H14FNS. The summed E-state index contributed by atoms with van der Waals surface area (Å²) in [5.74, 6) is -0.121. The van der Waals surface area contributed by atoms with Crippen LogP contribution in [0.5, 0.6) is 0 Å². The van der Waals surface area contributed by atoms with Crippen molar-refractivity contribution in [3.8, 4) is 0 Å². The van der Waals surface area contributed by atoms with Gasteiger partial charge in [0.1, 0.15) is 5.82 Å². The first-order valence-corrected chi connectivity index (χ1v) is 5.93. The number of benzene rings is 1. The number of hydrogen-bond acceptors (Lipinski definition) is 2. The Morgan fingerprint density at radius 1 is 1.33 bits per heavy atom. The molecule has 2 atom stereocenters. The second-order valence-corrected chi connectivity index (χ2v) is 5.22. The molecule has 1 aliphatic heterocycles. The Labute approximate surface area is 93.8 Å². The maximum Gasteiger partial charge on any atom is 0.126 e. The van der Waals surface area contributed by atoms with Crippen molar-refractivity contribution in [2.75, 3.05) is 0 Å². The minimum Gasteiger partial charge on any atom is -0.279 e. The van der Waals surface area contributed by atoms with Crippen LogP contribution in [0.25, 0.3) is 0 Å².